The highest BCUT2D eigenvalue weighted by Crippen LogP contribution is 2.19. The minimum absolute atomic E-state index is 0.0832. The summed E-state index contributed by atoms with van der Waals surface area (Å²) in [5, 5.41) is 3.01. The normalized spacial score (nSPS) is 10.2. The molecule has 0 spiro atoms. The summed E-state index contributed by atoms with van der Waals surface area (Å²) in [5.74, 6) is 0.937. The van der Waals surface area contributed by atoms with Crippen LogP contribution in [0.4, 0.5) is 5.69 Å². The highest BCUT2D eigenvalue weighted by molar-refractivity contribution is 7.98. The zero-order valence-corrected chi connectivity index (χ0v) is 12.5. The second-order valence-electron chi connectivity index (χ2n) is 4.61. The first-order valence-corrected chi connectivity index (χ1v) is 8.09. The molecule has 0 aliphatic rings. The number of hydrogen-bond acceptors (Lipinski definition) is 2. The Kier molecular flexibility index (Phi) is 5.69. The van der Waals surface area contributed by atoms with Crippen LogP contribution in [0, 0.1) is 0 Å². The molecule has 0 unspecified atom stereocenters. The number of amides is 1. The molecule has 2 nitrogen and oxygen atoms in total. The van der Waals surface area contributed by atoms with Gasteiger partial charge in [0, 0.05) is 17.9 Å². The van der Waals surface area contributed by atoms with Crippen LogP contribution in [0.1, 0.15) is 17.5 Å². The molecule has 2 rings (SSSR count). The molecular formula is C17H19NOS. The zero-order valence-electron chi connectivity index (χ0n) is 11.6. The average Bonchev–Trinajstić information content (AvgIpc) is 2.48. The number of hydrogen-bond donors (Lipinski definition) is 1. The van der Waals surface area contributed by atoms with Crippen molar-refractivity contribution in [3.8, 4) is 0 Å². The highest BCUT2D eigenvalue weighted by Gasteiger charge is 2.06. The smallest absolute Gasteiger partial charge is 0.225 e. The molecule has 0 bridgehead atoms. The number of rotatable bonds is 6. The fraction of sp³-hybridized carbons (Fsp3) is 0.235. The van der Waals surface area contributed by atoms with Crippen molar-refractivity contribution in [3.05, 3.63) is 65.7 Å². The maximum Gasteiger partial charge on any atom is 0.225 e. The lowest BCUT2D eigenvalue weighted by Gasteiger charge is -2.11. The van der Waals surface area contributed by atoms with Gasteiger partial charge in [0.15, 0.2) is 0 Å². The van der Waals surface area contributed by atoms with Crippen LogP contribution < -0.4 is 5.32 Å². The number of carbonyl (C=O) groups is 1. The average molecular weight is 285 g/mol. The first-order chi connectivity index (χ1) is 9.79. The lowest BCUT2D eigenvalue weighted by atomic mass is 10.0. The summed E-state index contributed by atoms with van der Waals surface area (Å²) >= 11 is 1.69. The second kappa shape index (κ2) is 7.75. The third-order valence-corrected chi connectivity index (χ3v) is 3.67. The van der Waals surface area contributed by atoms with E-state index in [2.05, 4.69) is 23.5 Å². The van der Waals surface area contributed by atoms with Crippen molar-refractivity contribution < 1.29 is 4.79 Å². The quantitative estimate of drug-likeness (QED) is 0.870. The molecule has 2 aromatic rings. The van der Waals surface area contributed by atoms with E-state index >= 15 is 0 Å². The van der Waals surface area contributed by atoms with E-state index in [1.807, 2.05) is 42.7 Å². The Balaban J connectivity index is 2.08. The molecule has 0 aromatic heterocycles. The summed E-state index contributed by atoms with van der Waals surface area (Å²) in [4.78, 5) is 11.9. The highest BCUT2D eigenvalue weighted by atomic mass is 32.2. The fourth-order valence-electron chi connectivity index (χ4n) is 2.02. The molecule has 3 heteroatoms. The maximum atomic E-state index is 11.9. The van der Waals surface area contributed by atoms with E-state index in [1.54, 1.807) is 11.8 Å². The second-order valence-corrected chi connectivity index (χ2v) is 5.60. The first kappa shape index (κ1) is 14.7. The Hall–Kier alpha value is -1.74. The van der Waals surface area contributed by atoms with Gasteiger partial charge in [-0.25, -0.2) is 0 Å². The lowest BCUT2D eigenvalue weighted by molar-refractivity contribution is -0.115. The van der Waals surface area contributed by atoms with Gasteiger partial charge in [-0.3, -0.25) is 4.79 Å². The van der Waals surface area contributed by atoms with Gasteiger partial charge in [-0.05, 0) is 29.9 Å². The summed E-state index contributed by atoms with van der Waals surface area (Å²) in [6, 6.07) is 18.3. The van der Waals surface area contributed by atoms with E-state index in [4.69, 9.17) is 0 Å². The van der Waals surface area contributed by atoms with Crippen molar-refractivity contribution in [3.63, 3.8) is 0 Å². The van der Waals surface area contributed by atoms with Crippen molar-refractivity contribution in [2.45, 2.75) is 12.8 Å². The van der Waals surface area contributed by atoms with Gasteiger partial charge in [0.05, 0.1) is 0 Å². The Morgan fingerprint density at radius 1 is 1.05 bits per heavy atom. The van der Waals surface area contributed by atoms with Gasteiger partial charge in [0.25, 0.3) is 0 Å². The predicted molar refractivity (Wildman–Crippen MR) is 87.3 cm³/mol. The molecule has 104 valence electrons. The maximum absolute atomic E-state index is 11.9. The van der Waals surface area contributed by atoms with Crippen LogP contribution in [-0.2, 0) is 11.2 Å². The van der Waals surface area contributed by atoms with E-state index in [1.165, 1.54) is 5.56 Å². The molecule has 0 aliphatic carbocycles. The zero-order chi connectivity index (χ0) is 14.2. The third kappa shape index (κ3) is 4.42. The van der Waals surface area contributed by atoms with Gasteiger partial charge in [-0.2, -0.15) is 11.8 Å². The molecule has 1 N–H and O–H groups in total. The molecule has 0 saturated heterocycles. The number of para-hydroxylation sites is 1. The number of anilines is 1. The van der Waals surface area contributed by atoms with Crippen LogP contribution in [0.15, 0.2) is 54.6 Å². The first-order valence-electron chi connectivity index (χ1n) is 6.70. The largest absolute Gasteiger partial charge is 0.326 e. The van der Waals surface area contributed by atoms with Crippen molar-refractivity contribution in [2.24, 2.45) is 0 Å². The Morgan fingerprint density at radius 2 is 1.75 bits per heavy atom. The van der Waals surface area contributed by atoms with Crippen LogP contribution in [0.3, 0.4) is 0 Å². The Bertz CT molecular complexity index is 554. The van der Waals surface area contributed by atoms with Crippen LogP contribution in [0.25, 0.3) is 0 Å². The molecular weight excluding hydrogens is 266 g/mol. The summed E-state index contributed by atoms with van der Waals surface area (Å²) in [6.45, 7) is 0. The summed E-state index contributed by atoms with van der Waals surface area (Å²) in [7, 11) is 0. The molecule has 1 amide bonds. The summed E-state index contributed by atoms with van der Waals surface area (Å²) < 4.78 is 0. The van der Waals surface area contributed by atoms with Crippen LogP contribution in [0.5, 0.6) is 0 Å². The number of thioether (sulfide) groups is 1. The van der Waals surface area contributed by atoms with Gasteiger partial charge in [0.2, 0.25) is 5.91 Å². The van der Waals surface area contributed by atoms with E-state index in [9.17, 15) is 4.79 Å². The molecule has 2 aromatic carbocycles. The van der Waals surface area contributed by atoms with Crippen LogP contribution in [0.2, 0.25) is 0 Å². The summed E-state index contributed by atoms with van der Waals surface area (Å²) in [6.07, 6.45) is 3.40. The predicted octanol–water partition coefficient (Wildman–Crippen LogP) is 3.97. The van der Waals surface area contributed by atoms with Gasteiger partial charge in [0.1, 0.15) is 0 Å². The van der Waals surface area contributed by atoms with E-state index in [-0.39, 0.29) is 5.91 Å². The topological polar surface area (TPSA) is 29.1 Å². The van der Waals surface area contributed by atoms with Crippen molar-refractivity contribution in [1.82, 2.24) is 0 Å². The SMILES string of the molecule is CSCCC(=O)Nc1ccccc1Cc1ccccc1. The van der Waals surface area contributed by atoms with Crippen molar-refractivity contribution in [2.75, 3.05) is 17.3 Å². The molecule has 0 heterocycles. The van der Waals surface area contributed by atoms with Gasteiger partial charge < -0.3 is 5.32 Å². The van der Waals surface area contributed by atoms with Gasteiger partial charge in [-0.1, -0.05) is 48.5 Å². The van der Waals surface area contributed by atoms with Crippen LogP contribution >= 0.6 is 11.8 Å². The number of nitrogens with one attached hydrogen (secondary N) is 1. The Morgan fingerprint density at radius 3 is 2.50 bits per heavy atom. The minimum Gasteiger partial charge on any atom is -0.326 e. The Labute approximate surface area is 124 Å². The van der Waals surface area contributed by atoms with Crippen molar-refractivity contribution in [1.29, 1.82) is 0 Å². The molecule has 0 radical (unpaired) electrons. The van der Waals surface area contributed by atoms with Crippen LogP contribution in [-0.4, -0.2) is 17.9 Å². The monoisotopic (exact) mass is 285 g/mol. The number of benzene rings is 2. The van der Waals surface area contributed by atoms with Gasteiger partial charge >= 0.3 is 0 Å². The third-order valence-electron chi connectivity index (χ3n) is 3.06. The molecule has 20 heavy (non-hydrogen) atoms. The van der Waals surface area contributed by atoms with Crippen molar-refractivity contribution >= 4 is 23.4 Å². The standard InChI is InChI=1S/C17H19NOS/c1-20-12-11-17(19)18-16-10-6-5-9-15(16)13-14-7-3-2-4-8-14/h2-10H,11-13H2,1H3,(H,18,19). The lowest BCUT2D eigenvalue weighted by Crippen LogP contribution is -2.13. The number of carbonyl (C=O) groups excluding carboxylic acids is 1. The summed E-state index contributed by atoms with van der Waals surface area (Å²) in [5.41, 5.74) is 3.32. The molecule has 0 aliphatic heterocycles. The van der Waals surface area contributed by atoms with E-state index in [0.29, 0.717) is 6.42 Å². The van der Waals surface area contributed by atoms with E-state index < -0.39 is 0 Å². The molecule has 0 atom stereocenters. The minimum atomic E-state index is 0.0832. The molecule has 0 saturated carbocycles. The van der Waals surface area contributed by atoms with E-state index in [0.717, 1.165) is 23.4 Å². The van der Waals surface area contributed by atoms with Gasteiger partial charge in [-0.15, -0.1) is 0 Å². The fourth-order valence-corrected chi connectivity index (χ4v) is 2.41. The molecule has 0 fully saturated rings.